The maximum absolute atomic E-state index is 8.79. The molecule has 0 spiro atoms. The third-order valence-corrected chi connectivity index (χ3v) is 2.62. The minimum absolute atomic E-state index is 0.447. The van der Waals surface area contributed by atoms with Gasteiger partial charge in [-0.05, 0) is 24.7 Å². The Morgan fingerprint density at radius 1 is 1.44 bits per heavy atom. The van der Waals surface area contributed by atoms with Crippen LogP contribution in [0.2, 0.25) is 0 Å². The summed E-state index contributed by atoms with van der Waals surface area (Å²) in [5.74, 6) is 0. The van der Waals surface area contributed by atoms with Crippen molar-refractivity contribution in [3.8, 4) is 6.07 Å². The highest BCUT2D eigenvalue weighted by Crippen LogP contribution is 2.05. The molecule has 0 saturated heterocycles. The van der Waals surface area contributed by atoms with E-state index in [-0.39, 0.29) is 0 Å². The van der Waals surface area contributed by atoms with Crippen molar-refractivity contribution in [3.05, 3.63) is 47.8 Å². The van der Waals surface area contributed by atoms with E-state index < -0.39 is 0 Å². The zero-order valence-electron chi connectivity index (χ0n) is 10.3. The second kappa shape index (κ2) is 5.94. The molecule has 0 aliphatic heterocycles. The van der Waals surface area contributed by atoms with Crippen molar-refractivity contribution in [3.63, 3.8) is 0 Å². The van der Waals surface area contributed by atoms with E-state index in [1.54, 1.807) is 12.3 Å². The highest BCUT2D eigenvalue weighted by molar-refractivity contribution is 5.25. The molecular formula is C13H15N5. The van der Waals surface area contributed by atoms with Gasteiger partial charge in [-0.3, -0.25) is 0 Å². The van der Waals surface area contributed by atoms with Crippen LogP contribution in [0.3, 0.4) is 0 Å². The van der Waals surface area contributed by atoms with E-state index >= 15 is 0 Å². The van der Waals surface area contributed by atoms with Crippen LogP contribution in [-0.2, 0) is 13.0 Å². The predicted octanol–water partition coefficient (Wildman–Crippen LogP) is 0.960. The number of hydrogen-bond acceptors (Lipinski definition) is 4. The fourth-order valence-corrected chi connectivity index (χ4v) is 1.72. The molecule has 0 radical (unpaired) electrons. The smallest absolute Gasteiger partial charge is 0.140 e. The lowest BCUT2D eigenvalue weighted by molar-refractivity contribution is 0.773. The number of pyridine rings is 1. The molecule has 5 nitrogen and oxygen atoms in total. The lowest BCUT2D eigenvalue weighted by Gasteiger charge is -2.02. The highest BCUT2D eigenvalue weighted by Gasteiger charge is 2.01. The molecule has 2 aromatic heterocycles. The topological polar surface area (TPSA) is 66.5 Å². The van der Waals surface area contributed by atoms with Gasteiger partial charge in [0.25, 0.3) is 0 Å². The van der Waals surface area contributed by atoms with Crippen LogP contribution in [0.5, 0.6) is 0 Å². The number of nitrogens with one attached hydrogen (secondary N) is 1. The average Bonchev–Trinajstić information content (AvgIpc) is 2.84. The maximum atomic E-state index is 8.79. The fourth-order valence-electron chi connectivity index (χ4n) is 1.72. The molecule has 2 aromatic rings. The van der Waals surface area contributed by atoms with Crippen LogP contribution in [0.1, 0.15) is 17.0 Å². The van der Waals surface area contributed by atoms with Crippen LogP contribution in [0.25, 0.3) is 0 Å². The van der Waals surface area contributed by atoms with E-state index in [4.69, 9.17) is 5.26 Å². The van der Waals surface area contributed by atoms with Gasteiger partial charge >= 0.3 is 0 Å². The fraction of sp³-hybridized carbons (Fsp3) is 0.308. The first-order valence-electron chi connectivity index (χ1n) is 5.82. The van der Waals surface area contributed by atoms with Gasteiger partial charge in [0, 0.05) is 31.9 Å². The quantitative estimate of drug-likeness (QED) is 0.846. The second-order valence-corrected chi connectivity index (χ2v) is 4.05. The molecular weight excluding hydrogens is 226 g/mol. The Kier molecular flexibility index (Phi) is 4.05. The SMILES string of the molecule is CNCCc1cn(Cc2ccnc(C#N)c2)cn1. The molecule has 0 bridgehead atoms. The van der Waals surface area contributed by atoms with Crippen molar-refractivity contribution >= 4 is 0 Å². The molecule has 0 aromatic carbocycles. The van der Waals surface area contributed by atoms with Gasteiger partial charge in [0.15, 0.2) is 0 Å². The first-order valence-corrected chi connectivity index (χ1v) is 5.82. The van der Waals surface area contributed by atoms with Crippen LogP contribution < -0.4 is 5.32 Å². The Balaban J connectivity index is 2.04. The standard InChI is InChI=1S/C13H15N5/c1-15-4-3-12-9-18(10-17-12)8-11-2-5-16-13(6-11)7-14/h2,5-6,9-10,15H,3-4,8H2,1H3. The molecule has 0 aliphatic rings. The van der Waals surface area contributed by atoms with Gasteiger partial charge in [-0.25, -0.2) is 9.97 Å². The third-order valence-electron chi connectivity index (χ3n) is 2.62. The summed E-state index contributed by atoms with van der Waals surface area (Å²) in [5, 5.41) is 11.9. The zero-order chi connectivity index (χ0) is 12.8. The van der Waals surface area contributed by atoms with Crippen LogP contribution in [0.15, 0.2) is 30.9 Å². The minimum atomic E-state index is 0.447. The summed E-state index contributed by atoms with van der Waals surface area (Å²) in [7, 11) is 1.93. The molecule has 5 heteroatoms. The average molecular weight is 241 g/mol. The van der Waals surface area contributed by atoms with E-state index in [0.717, 1.165) is 24.2 Å². The summed E-state index contributed by atoms with van der Waals surface area (Å²) in [6, 6.07) is 5.75. The number of imidazole rings is 1. The van der Waals surface area contributed by atoms with E-state index in [9.17, 15) is 0 Å². The second-order valence-electron chi connectivity index (χ2n) is 4.05. The number of nitrogens with zero attached hydrogens (tertiary/aromatic N) is 4. The van der Waals surface area contributed by atoms with Crippen molar-refractivity contribution in [2.75, 3.05) is 13.6 Å². The van der Waals surface area contributed by atoms with Crippen LogP contribution in [0.4, 0.5) is 0 Å². The maximum Gasteiger partial charge on any atom is 0.140 e. The normalized spacial score (nSPS) is 10.2. The summed E-state index contributed by atoms with van der Waals surface area (Å²) in [5.41, 5.74) is 2.57. The largest absolute Gasteiger partial charge is 0.333 e. The number of hydrogen-bond donors (Lipinski definition) is 1. The van der Waals surface area contributed by atoms with Crippen LogP contribution in [-0.4, -0.2) is 28.1 Å². The van der Waals surface area contributed by atoms with Crippen molar-refractivity contribution in [1.82, 2.24) is 19.9 Å². The predicted molar refractivity (Wildman–Crippen MR) is 67.9 cm³/mol. The summed E-state index contributed by atoms with van der Waals surface area (Å²) >= 11 is 0. The third kappa shape index (κ3) is 3.15. The molecule has 0 fully saturated rings. The van der Waals surface area contributed by atoms with Gasteiger partial charge in [0.2, 0.25) is 0 Å². The van der Waals surface area contributed by atoms with Crippen LogP contribution in [0, 0.1) is 11.3 Å². The van der Waals surface area contributed by atoms with Crippen molar-refractivity contribution in [2.24, 2.45) is 0 Å². The lowest BCUT2D eigenvalue weighted by Crippen LogP contribution is -2.10. The van der Waals surface area contributed by atoms with E-state index in [1.807, 2.05) is 36.3 Å². The number of likely N-dealkylation sites (N-methyl/N-ethyl adjacent to an activating group) is 1. The van der Waals surface area contributed by atoms with Gasteiger partial charge in [-0.1, -0.05) is 0 Å². The number of aromatic nitrogens is 3. The molecule has 18 heavy (non-hydrogen) atoms. The van der Waals surface area contributed by atoms with E-state index in [0.29, 0.717) is 12.2 Å². The monoisotopic (exact) mass is 241 g/mol. The van der Waals surface area contributed by atoms with Gasteiger partial charge in [-0.2, -0.15) is 5.26 Å². The lowest BCUT2D eigenvalue weighted by atomic mass is 10.2. The summed E-state index contributed by atoms with van der Waals surface area (Å²) < 4.78 is 2.02. The Bertz CT molecular complexity index is 553. The van der Waals surface area contributed by atoms with E-state index in [2.05, 4.69) is 15.3 Å². The summed E-state index contributed by atoms with van der Waals surface area (Å²) in [6.45, 7) is 1.63. The Labute approximate surface area is 106 Å². The Hall–Kier alpha value is -2.19. The van der Waals surface area contributed by atoms with E-state index in [1.165, 1.54) is 0 Å². The molecule has 92 valence electrons. The molecule has 0 amide bonds. The molecule has 0 saturated carbocycles. The number of nitriles is 1. The molecule has 0 unspecified atom stereocenters. The van der Waals surface area contributed by atoms with Gasteiger partial charge in [0.1, 0.15) is 11.8 Å². The molecule has 2 rings (SSSR count). The molecule has 0 aliphatic carbocycles. The highest BCUT2D eigenvalue weighted by atomic mass is 15.0. The van der Waals surface area contributed by atoms with Gasteiger partial charge in [-0.15, -0.1) is 0 Å². The van der Waals surface area contributed by atoms with Crippen molar-refractivity contribution in [2.45, 2.75) is 13.0 Å². The molecule has 2 heterocycles. The molecule has 1 N–H and O–H groups in total. The van der Waals surface area contributed by atoms with Crippen molar-refractivity contribution < 1.29 is 0 Å². The molecule has 0 atom stereocenters. The van der Waals surface area contributed by atoms with Gasteiger partial charge in [0.05, 0.1) is 12.0 Å². The minimum Gasteiger partial charge on any atom is -0.333 e. The Morgan fingerprint density at radius 3 is 3.11 bits per heavy atom. The first-order chi connectivity index (χ1) is 8.81. The zero-order valence-corrected chi connectivity index (χ0v) is 10.3. The first kappa shape index (κ1) is 12.3. The summed E-state index contributed by atoms with van der Waals surface area (Å²) in [4.78, 5) is 8.29. The summed E-state index contributed by atoms with van der Waals surface area (Å²) in [6.07, 6.45) is 6.43. The van der Waals surface area contributed by atoms with Gasteiger partial charge < -0.3 is 9.88 Å². The Morgan fingerprint density at radius 2 is 2.33 bits per heavy atom. The van der Waals surface area contributed by atoms with Crippen LogP contribution >= 0.6 is 0 Å². The number of rotatable bonds is 5. The van der Waals surface area contributed by atoms with Crippen molar-refractivity contribution in [1.29, 1.82) is 5.26 Å².